The van der Waals surface area contributed by atoms with Crippen molar-refractivity contribution in [3.8, 4) is 0 Å². The minimum Gasteiger partial charge on any atom is -0.459 e. The minimum absolute atomic E-state index is 0.147. The molecule has 2 fully saturated rings. The maximum atomic E-state index is 12.4. The van der Waals surface area contributed by atoms with E-state index in [9.17, 15) is 14.7 Å². The van der Waals surface area contributed by atoms with Gasteiger partial charge in [0.2, 0.25) is 0 Å². The van der Waals surface area contributed by atoms with Crippen LogP contribution in [-0.4, -0.2) is 46.1 Å². The van der Waals surface area contributed by atoms with Crippen LogP contribution >= 0.6 is 11.8 Å². The molecule has 1 amide bonds. The van der Waals surface area contributed by atoms with Crippen molar-refractivity contribution < 1.29 is 24.2 Å². The van der Waals surface area contributed by atoms with Crippen molar-refractivity contribution in [2.24, 2.45) is 0 Å². The van der Waals surface area contributed by atoms with E-state index in [2.05, 4.69) is 5.32 Å². The van der Waals surface area contributed by atoms with E-state index in [1.165, 1.54) is 25.7 Å². The van der Waals surface area contributed by atoms with Gasteiger partial charge in [0, 0.05) is 24.7 Å². The number of fused-ring (bicyclic) bond motifs is 2. The lowest BCUT2D eigenvalue weighted by Crippen LogP contribution is -2.58. The van der Waals surface area contributed by atoms with Crippen LogP contribution < -0.4 is 5.32 Å². The molecule has 3 aliphatic rings. The van der Waals surface area contributed by atoms with Crippen LogP contribution in [0.3, 0.4) is 0 Å². The number of esters is 1. The fraction of sp³-hybridized carbons (Fsp3) is 0.810. The zero-order chi connectivity index (χ0) is 20.0. The fourth-order valence-corrected chi connectivity index (χ4v) is 5.22. The molecule has 3 heterocycles. The quantitative estimate of drug-likeness (QED) is 0.633. The Bertz CT molecular complexity index is 595. The third kappa shape index (κ3) is 6.22. The van der Waals surface area contributed by atoms with E-state index in [0.717, 1.165) is 49.4 Å². The van der Waals surface area contributed by atoms with Crippen molar-refractivity contribution >= 4 is 23.0 Å². The largest absolute Gasteiger partial charge is 0.459 e. The molecule has 6 nitrogen and oxygen atoms in total. The van der Waals surface area contributed by atoms with Gasteiger partial charge < -0.3 is 19.9 Å². The molecule has 0 aromatic heterocycles. The Morgan fingerprint density at radius 2 is 1.82 bits per heavy atom. The Balaban J connectivity index is 1.71. The number of ether oxygens (including phenoxy) is 2. The Labute approximate surface area is 171 Å². The van der Waals surface area contributed by atoms with E-state index >= 15 is 0 Å². The fourth-order valence-electron chi connectivity index (χ4n) is 4.34. The molecule has 2 saturated heterocycles. The van der Waals surface area contributed by atoms with Crippen molar-refractivity contribution in [2.45, 2.75) is 102 Å². The lowest BCUT2D eigenvalue weighted by molar-refractivity contribution is -0.283. The first-order valence-corrected chi connectivity index (χ1v) is 11.6. The zero-order valence-electron chi connectivity index (χ0n) is 16.8. The molecule has 28 heavy (non-hydrogen) atoms. The molecule has 0 aliphatic carbocycles. The van der Waals surface area contributed by atoms with E-state index in [1.54, 1.807) is 6.08 Å². The van der Waals surface area contributed by atoms with Crippen molar-refractivity contribution in [1.29, 1.82) is 0 Å². The van der Waals surface area contributed by atoms with Crippen LogP contribution in [0.2, 0.25) is 0 Å². The first kappa shape index (κ1) is 21.7. The Morgan fingerprint density at radius 3 is 2.54 bits per heavy atom. The highest BCUT2D eigenvalue weighted by atomic mass is 32.2. The molecule has 4 atom stereocenters. The molecule has 0 radical (unpaired) electrons. The number of carbonyl (C=O) groups is 2. The maximum absolute atomic E-state index is 12.4. The summed E-state index contributed by atoms with van der Waals surface area (Å²) < 4.78 is 11.8. The lowest BCUT2D eigenvalue weighted by Gasteiger charge is -2.43. The Morgan fingerprint density at radius 1 is 1.11 bits per heavy atom. The highest BCUT2D eigenvalue weighted by Gasteiger charge is 2.49. The highest BCUT2D eigenvalue weighted by Crippen LogP contribution is 2.36. The molecular formula is C21H33NO5S. The third-order valence-corrected chi connectivity index (χ3v) is 6.76. The number of hydrogen-bond acceptors (Lipinski definition) is 6. The van der Waals surface area contributed by atoms with Gasteiger partial charge >= 0.3 is 5.97 Å². The van der Waals surface area contributed by atoms with E-state index in [-0.39, 0.29) is 23.7 Å². The number of nitrogens with one attached hydrogen (secondary N) is 1. The summed E-state index contributed by atoms with van der Waals surface area (Å²) >= 11 is 1.15. The van der Waals surface area contributed by atoms with Gasteiger partial charge in [-0.05, 0) is 26.2 Å². The molecule has 158 valence electrons. The molecule has 2 N–H and O–H groups in total. The van der Waals surface area contributed by atoms with Gasteiger partial charge in [-0.1, -0.05) is 55.9 Å². The van der Waals surface area contributed by atoms with Gasteiger partial charge in [0.25, 0.3) is 5.24 Å². The van der Waals surface area contributed by atoms with Crippen LogP contribution in [0.25, 0.3) is 0 Å². The molecule has 0 saturated carbocycles. The summed E-state index contributed by atoms with van der Waals surface area (Å²) in [6, 6.07) is -0.475. The average Bonchev–Trinajstić information content (AvgIpc) is 3.06. The van der Waals surface area contributed by atoms with Gasteiger partial charge in [-0.3, -0.25) is 4.79 Å². The molecule has 3 rings (SSSR count). The summed E-state index contributed by atoms with van der Waals surface area (Å²) in [5.74, 6) is -1.37. The van der Waals surface area contributed by atoms with Gasteiger partial charge in [-0.15, -0.1) is 0 Å². The van der Waals surface area contributed by atoms with Crippen LogP contribution in [0.15, 0.2) is 11.6 Å². The summed E-state index contributed by atoms with van der Waals surface area (Å²) in [6.45, 7) is 1.97. The van der Waals surface area contributed by atoms with Crippen molar-refractivity contribution in [3.63, 3.8) is 0 Å². The third-order valence-electron chi connectivity index (χ3n) is 5.88. The Hall–Kier alpha value is -1.05. The maximum Gasteiger partial charge on any atom is 0.330 e. The van der Waals surface area contributed by atoms with Crippen molar-refractivity contribution in [1.82, 2.24) is 5.32 Å². The minimum atomic E-state index is -1.49. The van der Waals surface area contributed by atoms with Crippen molar-refractivity contribution in [3.05, 3.63) is 11.6 Å². The van der Waals surface area contributed by atoms with Crippen LogP contribution in [0.1, 0.15) is 77.6 Å². The van der Waals surface area contributed by atoms with Gasteiger partial charge in [-0.25, -0.2) is 4.79 Å². The summed E-state index contributed by atoms with van der Waals surface area (Å²) in [5.41, 5.74) is 1.04. The van der Waals surface area contributed by atoms with E-state index < -0.39 is 17.9 Å². The number of carbonyl (C=O) groups excluding carboxylic acids is 2. The van der Waals surface area contributed by atoms with Crippen LogP contribution in [0, 0.1) is 0 Å². The standard InChI is InChI=1S/C21H33NO5S/c1-15-9-7-5-3-2-4-6-8-10-16-12-17(26-19(23)11-15)13-21(25,27-16)18-14-28-20(24)22-18/h11,16-18,25H,2-10,12-14H2,1H3,(H,22,24)/t16-,17-,18?,21-/m1/s1. The number of allylic oxidation sites excluding steroid dienone is 1. The molecular weight excluding hydrogens is 378 g/mol. The second-order valence-electron chi connectivity index (χ2n) is 8.38. The molecule has 0 aromatic carbocycles. The van der Waals surface area contributed by atoms with Crippen molar-refractivity contribution in [2.75, 3.05) is 5.75 Å². The summed E-state index contributed by atoms with van der Waals surface area (Å²) in [5, 5.41) is 13.8. The Kier molecular flexibility index (Phi) is 7.83. The summed E-state index contributed by atoms with van der Waals surface area (Å²) in [7, 11) is 0. The molecule has 2 bridgehead atoms. The lowest BCUT2D eigenvalue weighted by atomic mass is 9.91. The van der Waals surface area contributed by atoms with Crippen LogP contribution in [0.4, 0.5) is 4.79 Å². The van der Waals surface area contributed by atoms with E-state index in [4.69, 9.17) is 9.47 Å². The van der Waals surface area contributed by atoms with Gasteiger partial charge in [0.1, 0.15) is 6.10 Å². The topological polar surface area (TPSA) is 84.9 Å². The number of hydrogen-bond donors (Lipinski definition) is 2. The predicted molar refractivity (Wildman–Crippen MR) is 109 cm³/mol. The first-order chi connectivity index (χ1) is 13.4. The summed E-state index contributed by atoms with van der Waals surface area (Å²) in [4.78, 5) is 24.0. The van der Waals surface area contributed by atoms with Crippen LogP contribution in [0.5, 0.6) is 0 Å². The second-order valence-corrected chi connectivity index (χ2v) is 9.38. The van der Waals surface area contributed by atoms with Gasteiger partial charge in [-0.2, -0.15) is 0 Å². The smallest absolute Gasteiger partial charge is 0.330 e. The summed E-state index contributed by atoms with van der Waals surface area (Å²) in [6.07, 6.45) is 11.7. The molecule has 7 heteroatoms. The normalized spacial score (nSPS) is 36.4. The second kappa shape index (κ2) is 10.1. The highest BCUT2D eigenvalue weighted by molar-refractivity contribution is 8.14. The average molecular weight is 412 g/mol. The molecule has 3 aliphatic heterocycles. The number of amides is 1. The number of rotatable bonds is 1. The van der Waals surface area contributed by atoms with E-state index in [1.807, 2.05) is 6.92 Å². The van der Waals surface area contributed by atoms with Crippen LogP contribution in [-0.2, 0) is 14.3 Å². The predicted octanol–water partition coefficient (Wildman–Crippen LogP) is 4.06. The molecule has 0 aromatic rings. The van der Waals surface area contributed by atoms with Gasteiger partial charge in [0.05, 0.1) is 12.1 Å². The van der Waals surface area contributed by atoms with Gasteiger partial charge in [0.15, 0.2) is 5.79 Å². The molecule has 1 unspecified atom stereocenters. The molecule has 0 spiro atoms. The number of thioether (sulfide) groups is 1. The first-order valence-electron chi connectivity index (χ1n) is 10.7. The zero-order valence-corrected chi connectivity index (χ0v) is 17.6. The monoisotopic (exact) mass is 411 g/mol. The number of aliphatic hydroxyl groups is 1. The van der Waals surface area contributed by atoms with E-state index in [0.29, 0.717) is 12.2 Å². The SMILES string of the molecule is CC1=CC(=O)O[C@@H]2C[C@@H](CCCCCCCCC1)O[C@@](O)(C1CSC(=O)N1)C2.